The molecule has 0 fully saturated rings. The number of carbonyl (C=O) groups excluding carboxylic acids is 1. The maximum atomic E-state index is 11.3. The molecule has 5 heteroatoms. The van der Waals surface area contributed by atoms with Gasteiger partial charge in [-0.15, -0.1) is 0 Å². The standard InChI is InChI=1S/C11H11N3O2/c1-7-5-9(8-3-4-12-6-8)14-10(13-7)11(15)16-2/h3-6,12H,1-2H3. The van der Waals surface area contributed by atoms with Crippen molar-refractivity contribution in [3.8, 4) is 11.3 Å². The number of methoxy groups -OCH3 is 1. The Morgan fingerprint density at radius 2 is 2.25 bits per heavy atom. The first-order valence-electron chi connectivity index (χ1n) is 4.78. The summed E-state index contributed by atoms with van der Waals surface area (Å²) in [7, 11) is 1.31. The van der Waals surface area contributed by atoms with Crippen LogP contribution in [0.5, 0.6) is 0 Å². The lowest BCUT2D eigenvalue weighted by Crippen LogP contribution is -2.08. The fourth-order valence-corrected chi connectivity index (χ4v) is 1.38. The summed E-state index contributed by atoms with van der Waals surface area (Å²) in [4.78, 5) is 22.4. The van der Waals surface area contributed by atoms with Gasteiger partial charge in [0.1, 0.15) is 0 Å². The summed E-state index contributed by atoms with van der Waals surface area (Å²) in [6, 6.07) is 3.69. The molecular weight excluding hydrogens is 206 g/mol. The average Bonchev–Trinajstić information content (AvgIpc) is 2.80. The SMILES string of the molecule is COC(=O)c1nc(C)cc(-c2cc[nH]c2)n1. The van der Waals surface area contributed by atoms with E-state index in [4.69, 9.17) is 0 Å². The average molecular weight is 217 g/mol. The second-order valence-electron chi connectivity index (χ2n) is 3.31. The van der Waals surface area contributed by atoms with Crippen LogP contribution in [0.25, 0.3) is 11.3 Å². The molecule has 2 aromatic rings. The van der Waals surface area contributed by atoms with Crippen LogP contribution in [0, 0.1) is 6.92 Å². The molecule has 0 saturated carbocycles. The largest absolute Gasteiger partial charge is 0.463 e. The number of aromatic nitrogens is 3. The van der Waals surface area contributed by atoms with Gasteiger partial charge in [-0.05, 0) is 19.1 Å². The van der Waals surface area contributed by atoms with Crippen molar-refractivity contribution >= 4 is 5.97 Å². The van der Waals surface area contributed by atoms with Crippen molar-refractivity contribution in [2.75, 3.05) is 7.11 Å². The van der Waals surface area contributed by atoms with Crippen LogP contribution >= 0.6 is 0 Å². The molecule has 0 spiro atoms. The zero-order valence-electron chi connectivity index (χ0n) is 9.02. The molecular formula is C11H11N3O2. The number of nitrogens with zero attached hydrogens (tertiary/aromatic N) is 2. The van der Waals surface area contributed by atoms with Crippen LogP contribution in [0.2, 0.25) is 0 Å². The molecule has 5 nitrogen and oxygen atoms in total. The van der Waals surface area contributed by atoms with E-state index in [0.29, 0.717) is 5.69 Å². The van der Waals surface area contributed by atoms with E-state index in [1.54, 1.807) is 6.20 Å². The number of esters is 1. The third kappa shape index (κ3) is 1.93. The molecule has 0 atom stereocenters. The Morgan fingerprint density at radius 3 is 2.88 bits per heavy atom. The first kappa shape index (κ1) is 10.4. The molecule has 0 aliphatic carbocycles. The predicted molar refractivity (Wildman–Crippen MR) is 57.9 cm³/mol. The van der Waals surface area contributed by atoms with Gasteiger partial charge >= 0.3 is 5.97 Å². The highest BCUT2D eigenvalue weighted by atomic mass is 16.5. The van der Waals surface area contributed by atoms with Crippen molar-refractivity contribution in [2.45, 2.75) is 6.92 Å². The summed E-state index contributed by atoms with van der Waals surface area (Å²) < 4.78 is 4.59. The summed E-state index contributed by atoms with van der Waals surface area (Å²) >= 11 is 0. The van der Waals surface area contributed by atoms with Crippen molar-refractivity contribution < 1.29 is 9.53 Å². The molecule has 82 valence electrons. The molecule has 0 radical (unpaired) electrons. The molecule has 0 bridgehead atoms. The van der Waals surface area contributed by atoms with Crippen LogP contribution in [0.1, 0.15) is 16.3 Å². The lowest BCUT2D eigenvalue weighted by molar-refractivity contribution is 0.0586. The number of aryl methyl sites for hydroxylation is 1. The van der Waals surface area contributed by atoms with Crippen LogP contribution in [0.4, 0.5) is 0 Å². The Bertz CT molecular complexity index is 506. The smallest absolute Gasteiger partial charge is 0.376 e. The van der Waals surface area contributed by atoms with E-state index in [1.807, 2.05) is 25.3 Å². The Kier molecular flexibility index (Phi) is 2.68. The molecule has 0 amide bonds. The second-order valence-corrected chi connectivity index (χ2v) is 3.31. The normalized spacial score (nSPS) is 10.1. The summed E-state index contributed by atoms with van der Waals surface area (Å²) in [5.41, 5.74) is 2.34. The van der Waals surface area contributed by atoms with E-state index < -0.39 is 5.97 Å². The van der Waals surface area contributed by atoms with E-state index >= 15 is 0 Å². The number of rotatable bonds is 2. The molecule has 1 N–H and O–H groups in total. The minimum Gasteiger partial charge on any atom is -0.463 e. The molecule has 2 heterocycles. The molecule has 0 unspecified atom stereocenters. The summed E-state index contributed by atoms with van der Waals surface area (Å²) in [6.45, 7) is 1.81. The Hall–Kier alpha value is -2.17. The number of ether oxygens (including phenoxy) is 1. The highest BCUT2D eigenvalue weighted by molar-refractivity contribution is 5.85. The fourth-order valence-electron chi connectivity index (χ4n) is 1.38. The topological polar surface area (TPSA) is 67.9 Å². The monoisotopic (exact) mass is 217 g/mol. The van der Waals surface area contributed by atoms with Gasteiger partial charge in [-0.3, -0.25) is 0 Å². The lowest BCUT2D eigenvalue weighted by atomic mass is 10.2. The minimum atomic E-state index is -0.527. The van der Waals surface area contributed by atoms with Gasteiger partial charge in [0.25, 0.3) is 0 Å². The summed E-state index contributed by atoms with van der Waals surface area (Å²) in [5, 5.41) is 0. The van der Waals surface area contributed by atoms with Gasteiger partial charge in [0.15, 0.2) is 0 Å². The van der Waals surface area contributed by atoms with Crippen LogP contribution in [0.3, 0.4) is 0 Å². The van der Waals surface area contributed by atoms with E-state index in [1.165, 1.54) is 7.11 Å². The van der Waals surface area contributed by atoms with E-state index in [9.17, 15) is 4.79 Å². The van der Waals surface area contributed by atoms with Gasteiger partial charge in [0, 0.05) is 23.7 Å². The lowest BCUT2D eigenvalue weighted by Gasteiger charge is -2.02. The van der Waals surface area contributed by atoms with E-state index in [0.717, 1.165) is 11.3 Å². The van der Waals surface area contributed by atoms with Crippen molar-refractivity contribution in [3.05, 3.63) is 36.0 Å². The third-order valence-corrected chi connectivity index (χ3v) is 2.12. The van der Waals surface area contributed by atoms with Crippen molar-refractivity contribution in [1.29, 1.82) is 0 Å². The van der Waals surface area contributed by atoms with Crippen LogP contribution in [-0.4, -0.2) is 28.0 Å². The van der Waals surface area contributed by atoms with Crippen molar-refractivity contribution in [3.63, 3.8) is 0 Å². The van der Waals surface area contributed by atoms with Crippen molar-refractivity contribution in [1.82, 2.24) is 15.0 Å². The van der Waals surface area contributed by atoms with Gasteiger partial charge in [0.2, 0.25) is 5.82 Å². The maximum Gasteiger partial charge on any atom is 0.376 e. The number of hydrogen-bond acceptors (Lipinski definition) is 4. The second kappa shape index (κ2) is 4.14. The predicted octanol–water partition coefficient (Wildman–Crippen LogP) is 1.57. The molecule has 0 aliphatic rings. The highest BCUT2D eigenvalue weighted by Crippen LogP contribution is 2.16. The zero-order valence-corrected chi connectivity index (χ0v) is 9.02. The molecule has 2 aromatic heterocycles. The van der Waals surface area contributed by atoms with Crippen LogP contribution < -0.4 is 0 Å². The number of nitrogens with one attached hydrogen (secondary N) is 1. The first-order valence-corrected chi connectivity index (χ1v) is 4.78. The number of H-pyrrole nitrogens is 1. The summed E-state index contributed by atoms with van der Waals surface area (Å²) in [5.74, 6) is -0.445. The van der Waals surface area contributed by atoms with Gasteiger partial charge in [-0.25, -0.2) is 14.8 Å². The highest BCUT2D eigenvalue weighted by Gasteiger charge is 2.12. The van der Waals surface area contributed by atoms with Crippen molar-refractivity contribution in [2.24, 2.45) is 0 Å². The zero-order chi connectivity index (χ0) is 11.5. The fraction of sp³-hybridized carbons (Fsp3) is 0.182. The molecule has 0 aromatic carbocycles. The number of hydrogen-bond donors (Lipinski definition) is 1. The Morgan fingerprint density at radius 1 is 1.44 bits per heavy atom. The Labute approximate surface area is 92.5 Å². The third-order valence-electron chi connectivity index (χ3n) is 2.12. The van der Waals surface area contributed by atoms with Gasteiger partial charge in [0.05, 0.1) is 12.8 Å². The quantitative estimate of drug-likeness (QED) is 0.775. The molecule has 0 saturated heterocycles. The molecule has 16 heavy (non-hydrogen) atoms. The first-order chi connectivity index (χ1) is 7.70. The Balaban J connectivity index is 2.48. The molecule has 2 rings (SSSR count). The van der Waals surface area contributed by atoms with Crippen LogP contribution in [-0.2, 0) is 4.74 Å². The van der Waals surface area contributed by atoms with Crippen LogP contribution in [0.15, 0.2) is 24.5 Å². The maximum absolute atomic E-state index is 11.3. The van der Waals surface area contributed by atoms with Gasteiger partial charge < -0.3 is 9.72 Å². The number of carbonyl (C=O) groups is 1. The summed E-state index contributed by atoms with van der Waals surface area (Å²) in [6.07, 6.45) is 3.60. The van der Waals surface area contributed by atoms with E-state index in [2.05, 4.69) is 19.7 Å². The molecule has 0 aliphatic heterocycles. The minimum absolute atomic E-state index is 0.0821. The van der Waals surface area contributed by atoms with Gasteiger partial charge in [-0.1, -0.05) is 0 Å². The number of aromatic amines is 1. The van der Waals surface area contributed by atoms with E-state index in [-0.39, 0.29) is 5.82 Å². The van der Waals surface area contributed by atoms with Gasteiger partial charge in [-0.2, -0.15) is 0 Å².